The molecule has 1 amide bonds. The van der Waals surface area contributed by atoms with Crippen LogP contribution in [0.4, 0.5) is 17.1 Å². The van der Waals surface area contributed by atoms with Crippen molar-refractivity contribution in [1.82, 2.24) is 10.4 Å². The van der Waals surface area contributed by atoms with Crippen LogP contribution >= 0.6 is 11.6 Å². The summed E-state index contributed by atoms with van der Waals surface area (Å²) >= 11 is 6.30. The molecule has 2 aliphatic heterocycles. The van der Waals surface area contributed by atoms with E-state index in [-0.39, 0.29) is 11.8 Å². The molecule has 3 N–H and O–H groups in total. The highest BCUT2D eigenvalue weighted by Crippen LogP contribution is 2.39. The third-order valence-electron chi connectivity index (χ3n) is 7.45. The summed E-state index contributed by atoms with van der Waals surface area (Å²) in [5.74, 6) is 0.931. The number of rotatable bonds is 4. The number of fused-ring (bicyclic) bond motifs is 3. The molecule has 0 aliphatic carbocycles. The number of hydrogen-bond acceptors (Lipinski definition) is 4. The van der Waals surface area contributed by atoms with Gasteiger partial charge in [0.15, 0.2) is 0 Å². The van der Waals surface area contributed by atoms with Gasteiger partial charge < -0.3 is 15.0 Å². The molecule has 3 heterocycles. The summed E-state index contributed by atoms with van der Waals surface area (Å²) in [5.41, 5.74) is 9.75. The number of quaternary nitrogens is 1. The Bertz CT molecular complexity index is 1530. The van der Waals surface area contributed by atoms with Gasteiger partial charge in [0.1, 0.15) is 24.5 Å². The zero-order valence-electron chi connectivity index (χ0n) is 20.8. The van der Waals surface area contributed by atoms with Gasteiger partial charge in [-0.25, -0.2) is 4.59 Å². The van der Waals surface area contributed by atoms with Crippen LogP contribution in [0.15, 0.2) is 71.7 Å². The molecule has 1 saturated heterocycles. The fourth-order valence-electron chi connectivity index (χ4n) is 5.35. The van der Waals surface area contributed by atoms with Gasteiger partial charge in [0, 0.05) is 45.9 Å². The molecule has 0 spiro atoms. The van der Waals surface area contributed by atoms with Gasteiger partial charge in [-0.3, -0.25) is 9.79 Å². The zero-order chi connectivity index (χ0) is 25.6. The standard InChI is InChI=1S/C29H28ClN5O2/c1-35(34-29(36)27-16-19-15-21(37-2)8-10-23(19)31-27)13-11-18(12-14-35)28-22-5-3-4-6-24(22)32-25-9-7-20(30)17-26(25)33-28/h3-10,15-18H,11-14H2,1-2H3,(H2-,31,32,33,34,36)/p+1. The number of carbonyl (C=O) groups excluding carboxylic acids is 1. The van der Waals surface area contributed by atoms with E-state index in [4.69, 9.17) is 21.3 Å². The Morgan fingerprint density at radius 1 is 1.05 bits per heavy atom. The number of piperidine rings is 1. The lowest BCUT2D eigenvalue weighted by Gasteiger charge is -2.39. The van der Waals surface area contributed by atoms with Crippen molar-refractivity contribution in [3.63, 3.8) is 0 Å². The largest absolute Gasteiger partial charge is 0.497 e. The zero-order valence-corrected chi connectivity index (χ0v) is 21.6. The first-order valence-corrected chi connectivity index (χ1v) is 12.9. The predicted octanol–water partition coefficient (Wildman–Crippen LogP) is 6.21. The molecular weight excluding hydrogens is 486 g/mol. The maximum atomic E-state index is 13.2. The van der Waals surface area contributed by atoms with Crippen LogP contribution in [0.5, 0.6) is 5.75 Å². The SMILES string of the molecule is COc1ccc2[nH]c(C(=O)N[N+]3(C)CCC(C4=Nc5cc(Cl)ccc5Nc5ccccc54)CC3)cc2c1. The Morgan fingerprint density at radius 3 is 2.68 bits per heavy atom. The van der Waals surface area contributed by atoms with Crippen molar-refractivity contribution < 1.29 is 14.1 Å². The fraction of sp³-hybridized carbons (Fsp3) is 0.241. The molecular formula is C29H29ClN5O2+. The molecule has 8 heteroatoms. The number of nitrogens with one attached hydrogen (secondary N) is 3. The van der Waals surface area contributed by atoms with Crippen LogP contribution in [0.25, 0.3) is 10.9 Å². The topological polar surface area (TPSA) is 78.5 Å². The number of amides is 1. The van der Waals surface area contributed by atoms with Gasteiger partial charge in [0.2, 0.25) is 0 Å². The Morgan fingerprint density at radius 2 is 1.86 bits per heavy atom. The third-order valence-corrected chi connectivity index (χ3v) is 7.68. The minimum absolute atomic E-state index is 0.110. The van der Waals surface area contributed by atoms with Crippen molar-refractivity contribution in [3.05, 3.63) is 83.0 Å². The second-order valence-electron chi connectivity index (χ2n) is 10.0. The number of carbonyl (C=O) groups is 1. The van der Waals surface area contributed by atoms with E-state index in [1.807, 2.05) is 48.5 Å². The highest BCUT2D eigenvalue weighted by molar-refractivity contribution is 6.31. The minimum Gasteiger partial charge on any atom is -0.497 e. The van der Waals surface area contributed by atoms with Gasteiger partial charge in [-0.2, -0.15) is 5.43 Å². The number of H-pyrrole nitrogens is 1. The molecule has 0 radical (unpaired) electrons. The van der Waals surface area contributed by atoms with E-state index in [0.717, 1.165) is 70.9 Å². The van der Waals surface area contributed by atoms with Crippen molar-refractivity contribution >= 4 is 51.2 Å². The first-order chi connectivity index (χ1) is 17.9. The van der Waals surface area contributed by atoms with Crippen molar-refractivity contribution in [2.45, 2.75) is 12.8 Å². The molecule has 0 unspecified atom stereocenters. The molecule has 6 rings (SSSR count). The molecule has 2 aliphatic rings. The molecule has 188 valence electrons. The highest BCUT2D eigenvalue weighted by atomic mass is 35.5. The number of benzene rings is 3. The number of ether oxygens (including phenoxy) is 1. The van der Waals surface area contributed by atoms with Gasteiger partial charge in [-0.15, -0.1) is 0 Å². The van der Waals surface area contributed by atoms with E-state index >= 15 is 0 Å². The van der Waals surface area contributed by atoms with Crippen LogP contribution in [-0.4, -0.2) is 48.4 Å². The normalized spacial score (nSPS) is 20.7. The molecule has 0 saturated carbocycles. The van der Waals surface area contributed by atoms with Gasteiger partial charge in [0.05, 0.1) is 31.2 Å². The molecule has 4 aromatic rings. The summed E-state index contributed by atoms with van der Waals surface area (Å²) in [4.78, 5) is 21.5. The van der Waals surface area contributed by atoms with Crippen LogP contribution in [-0.2, 0) is 0 Å². The van der Waals surface area contributed by atoms with Crippen LogP contribution in [0.2, 0.25) is 5.02 Å². The van der Waals surface area contributed by atoms with Crippen LogP contribution in [0.3, 0.4) is 0 Å². The lowest BCUT2D eigenvalue weighted by Crippen LogP contribution is -2.61. The van der Waals surface area contributed by atoms with Crippen molar-refractivity contribution in [1.29, 1.82) is 0 Å². The second-order valence-corrected chi connectivity index (χ2v) is 10.5. The Kier molecular flexibility index (Phi) is 5.89. The molecule has 37 heavy (non-hydrogen) atoms. The van der Waals surface area contributed by atoms with Crippen molar-refractivity contribution in [3.8, 4) is 5.75 Å². The number of methoxy groups -OCH3 is 1. The number of hydrogen-bond donors (Lipinski definition) is 3. The van der Waals surface area contributed by atoms with E-state index in [0.29, 0.717) is 15.3 Å². The van der Waals surface area contributed by atoms with Crippen molar-refractivity contribution in [2.24, 2.45) is 10.9 Å². The van der Waals surface area contributed by atoms with E-state index < -0.39 is 0 Å². The summed E-state index contributed by atoms with van der Waals surface area (Å²) in [5, 5.41) is 5.15. The van der Waals surface area contributed by atoms with Crippen LogP contribution in [0, 0.1) is 5.92 Å². The van der Waals surface area contributed by atoms with E-state index in [1.54, 1.807) is 7.11 Å². The van der Waals surface area contributed by atoms with E-state index in [1.165, 1.54) is 0 Å². The Hall–Kier alpha value is -3.81. The number of aromatic nitrogens is 1. The van der Waals surface area contributed by atoms with Crippen LogP contribution in [0.1, 0.15) is 28.9 Å². The first-order valence-electron chi connectivity index (χ1n) is 12.5. The number of para-hydroxylation sites is 1. The molecule has 0 atom stereocenters. The molecule has 1 aromatic heterocycles. The second kappa shape index (κ2) is 9.25. The maximum Gasteiger partial charge on any atom is 0.312 e. The van der Waals surface area contributed by atoms with E-state index in [2.05, 4.69) is 41.0 Å². The number of likely N-dealkylation sites (tertiary alicyclic amines) is 1. The monoisotopic (exact) mass is 514 g/mol. The highest BCUT2D eigenvalue weighted by Gasteiger charge is 2.36. The molecule has 3 aromatic carbocycles. The summed E-state index contributed by atoms with van der Waals surface area (Å²) in [7, 11) is 3.72. The number of aromatic amines is 1. The van der Waals surface area contributed by atoms with Gasteiger partial charge in [-0.05, 0) is 48.5 Å². The average molecular weight is 515 g/mol. The number of nitrogens with zero attached hydrogens (tertiary/aromatic N) is 2. The quantitative estimate of drug-likeness (QED) is 0.283. The molecule has 7 nitrogen and oxygen atoms in total. The van der Waals surface area contributed by atoms with Gasteiger partial charge >= 0.3 is 5.91 Å². The van der Waals surface area contributed by atoms with Gasteiger partial charge in [-0.1, -0.05) is 29.8 Å². The summed E-state index contributed by atoms with van der Waals surface area (Å²) < 4.78 is 5.78. The smallest absolute Gasteiger partial charge is 0.312 e. The third kappa shape index (κ3) is 4.56. The lowest BCUT2D eigenvalue weighted by molar-refractivity contribution is -0.947. The number of anilines is 2. The first kappa shape index (κ1) is 23.6. The van der Waals surface area contributed by atoms with Crippen LogP contribution < -0.4 is 15.5 Å². The molecule has 0 bridgehead atoms. The van der Waals surface area contributed by atoms with Crippen molar-refractivity contribution in [2.75, 3.05) is 32.6 Å². The Balaban J connectivity index is 1.21. The summed E-state index contributed by atoms with van der Waals surface area (Å²) in [6.07, 6.45) is 1.81. The minimum atomic E-state index is -0.110. The lowest BCUT2D eigenvalue weighted by atomic mass is 9.87. The average Bonchev–Trinajstić information content (AvgIpc) is 3.26. The predicted molar refractivity (Wildman–Crippen MR) is 148 cm³/mol. The summed E-state index contributed by atoms with van der Waals surface area (Å²) in [6, 6.07) is 21.7. The maximum absolute atomic E-state index is 13.2. The summed E-state index contributed by atoms with van der Waals surface area (Å²) in [6.45, 7) is 1.61. The molecule has 1 fully saturated rings. The number of aliphatic imine (C=N–C) groups is 1. The van der Waals surface area contributed by atoms with Gasteiger partial charge in [0.25, 0.3) is 0 Å². The fourth-order valence-corrected chi connectivity index (χ4v) is 5.52. The van der Waals surface area contributed by atoms with E-state index in [9.17, 15) is 4.79 Å². The number of halogens is 1. The Labute approximate surface area is 220 Å².